The molecule has 0 bridgehead atoms. The van der Waals surface area contributed by atoms with Crippen LogP contribution in [-0.4, -0.2) is 69.9 Å². The largest absolute Gasteiger partial charge is 0.490 e. The van der Waals surface area contributed by atoms with Crippen LogP contribution in [0.5, 0.6) is 0 Å². The number of aliphatic hydroxyl groups is 2. The molecule has 1 aliphatic rings. The van der Waals surface area contributed by atoms with Crippen LogP contribution in [0.2, 0.25) is 0 Å². The third-order valence-electron chi connectivity index (χ3n) is 4.44. The van der Waals surface area contributed by atoms with E-state index < -0.39 is 78.0 Å². The molecule has 6 atom stereocenters. The number of nitrogens with one attached hydrogen (secondary N) is 1. The molecule has 7 N–H and O–H groups in total. The zero-order chi connectivity index (χ0) is 26.2. The molecule has 0 radical (unpaired) electrons. The highest BCUT2D eigenvalue weighted by Crippen LogP contribution is 2.66. The molecule has 0 saturated carbocycles. The summed E-state index contributed by atoms with van der Waals surface area (Å²) in [6.07, 6.45) is -2.85. The van der Waals surface area contributed by atoms with Gasteiger partial charge >= 0.3 is 29.2 Å². The summed E-state index contributed by atoms with van der Waals surface area (Å²) in [6, 6.07) is 0.840. The summed E-state index contributed by atoms with van der Waals surface area (Å²) in [5, 5.41) is 21.7. The van der Waals surface area contributed by atoms with E-state index >= 15 is 0 Å². The second-order valence-electron chi connectivity index (χ2n) is 6.94. The summed E-state index contributed by atoms with van der Waals surface area (Å²) in [5.74, 6) is 0. The van der Waals surface area contributed by atoms with Crippen LogP contribution in [0.15, 0.2) is 34.5 Å². The predicted octanol–water partition coefficient (Wildman–Crippen LogP) is -1.21. The molecule has 0 amide bonds. The first kappa shape index (κ1) is 28.9. The van der Waals surface area contributed by atoms with Gasteiger partial charge in [0.25, 0.3) is 5.56 Å². The number of aromatic nitrogens is 2. The lowest BCUT2D eigenvalue weighted by Gasteiger charge is -2.32. The van der Waals surface area contributed by atoms with E-state index in [-0.39, 0.29) is 0 Å². The second kappa shape index (κ2) is 9.95. The summed E-state index contributed by atoms with van der Waals surface area (Å²) >= 11 is 0. The van der Waals surface area contributed by atoms with Crippen molar-refractivity contribution in [1.29, 1.82) is 0 Å². The molecule has 2 unspecified atom stereocenters. The summed E-state index contributed by atoms with van der Waals surface area (Å²) in [5.41, 5.74) is -7.20. The maximum Gasteiger partial charge on any atom is 0.490 e. The summed E-state index contributed by atoms with van der Waals surface area (Å²) in [7, 11) is -17.3. The van der Waals surface area contributed by atoms with Crippen LogP contribution < -0.4 is 11.2 Å². The van der Waals surface area contributed by atoms with Gasteiger partial charge in [-0.3, -0.25) is 18.9 Å². The highest BCUT2D eigenvalue weighted by atomic mass is 31.3. The molecule has 1 fully saturated rings. The van der Waals surface area contributed by atoms with Crippen molar-refractivity contribution in [2.45, 2.75) is 30.0 Å². The topological polar surface area (TPSA) is 264 Å². The van der Waals surface area contributed by atoms with Gasteiger partial charge in [-0.25, -0.2) is 22.9 Å². The van der Waals surface area contributed by atoms with Gasteiger partial charge in [0, 0.05) is 18.7 Å². The fourth-order valence-electron chi connectivity index (χ4n) is 3.08. The molecule has 1 aliphatic heterocycles. The average Bonchev–Trinajstić information content (AvgIpc) is 2.86. The Balaban J connectivity index is 2.37. The number of aliphatic hydroxyl groups excluding tert-OH is 1. The van der Waals surface area contributed by atoms with Gasteiger partial charge in [0.2, 0.25) is 0 Å². The first-order valence-corrected chi connectivity index (χ1v) is 13.3. The van der Waals surface area contributed by atoms with Crippen LogP contribution in [0.25, 0.3) is 0 Å². The predicted molar refractivity (Wildman–Crippen MR) is 106 cm³/mol. The Bertz CT molecular complexity index is 1180. The number of halogens is 1. The number of alkyl halides is 1. The number of phosphoric acid groups is 3. The lowest BCUT2D eigenvalue weighted by atomic mass is 9.84. The van der Waals surface area contributed by atoms with Gasteiger partial charge in [-0.05, 0) is 0 Å². The van der Waals surface area contributed by atoms with Crippen molar-refractivity contribution in [3.8, 4) is 0 Å². The molecule has 1 aromatic rings. The average molecular weight is 556 g/mol. The number of hydrogen-bond donors (Lipinski definition) is 7. The summed E-state index contributed by atoms with van der Waals surface area (Å²) < 4.78 is 65.5. The number of H-pyrrole nitrogens is 1. The van der Waals surface area contributed by atoms with Crippen LogP contribution in [-0.2, 0) is 31.6 Å². The van der Waals surface area contributed by atoms with Crippen molar-refractivity contribution in [2.75, 3.05) is 13.3 Å². The van der Waals surface area contributed by atoms with Gasteiger partial charge in [-0.15, -0.1) is 6.58 Å². The maximum atomic E-state index is 14.1. The molecule has 21 heteroatoms. The highest BCUT2D eigenvalue weighted by Gasteiger charge is 2.64. The van der Waals surface area contributed by atoms with Crippen molar-refractivity contribution in [2.24, 2.45) is 0 Å². The molecule has 1 aromatic heterocycles. The van der Waals surface area contributed by atoms with Crippen molar-refractivity contribution in [3.63, 3.8) is 0 Å². The van der Waals surface area contributed by atoms with Gasteiger partial charge in [0.1, 0.15) is 18.4 Å². The number of rotatable bonds is 11. The summed E-state index contributed by atoms with van der Waals surface area (Å²) in [4.78, 5) is 61.2. The van der Waals surface area contributed by atoms with Gasteiger partial charge in [-0.2, -0.15) is 8.62 Å². The molecule has 34 heavy (non-hydrogen) atoms. The molecule has 194 valence electrons. The van der Waals surface area contributed by atoms with Crippen molar-refractivity contribution >= 4 is 23.5 Å². The molecule has 17 nitrogen and oxygen atoms in total. The standard InChI is InChI=1S/C13H20FN2O15P3/c1-2-4-13(20)9(18)12(6-14,29-10(13)16-5-3-8(17)15-11(16)19)7-28-33(24,25)31-34(26,27)30-32(21,22)23/h2-3,5,9-10,18,20H,1,4,6-7H2,(H,24,25)(H,26,27)(H,15,17,19)(H2,21,22,23)/t9-,10-,12-,13-/m1/s1. The van der Waals surface area contributed by atoms with Gasteiger partial charge in [0.05, 0.1) is 6.61 Å². The Morgan fingerprint density at radius 3 is 2.32 bits per heavy atom. The third-order valence-corrected chi connectivity index (χ3v) is 8.22. The van der Waals surface area contributed by atoms with E-state index in [0.29, 0.717) is 4.57 Å². The lowest BCUT2D eigenvalue weighted by molar-refractivity contribution is -0.138. The molecule has 0 aromatic carbocycles. The minimum atomic E-state index is -5.89. The van der Waals surface area contributed by atoms with Crippen LogP contribution in [0.1, 0.15) is 12.6 Å². The SMILES string of the molecule is C=CC[C@@]1(O)[C@H](O)[C@@](CF)(COP(=O)(O)OP(=O)(O)OP(=O)(O)O)O[C@H]1n1ccc(=O)[nH]c1=O. The quantitative estimate of drug-likeness (QED) is 0.124. The molecule has 2 heterocycles. The van der Waals surface area contributed by atoms with E-state index in [1.807, 2.05) is 4.98 Å². The van der Waals surface area contributed by atoms with Crippen LogP contribution in [0, 0.1) is 0 Å². The van der Waals surface area contributed by atoms with Crippen molar-refractivity contribution < 1.29 is 65.8 Å². The number of ether oxygens (including phenoxy) is 1. The number of nitrogens with zero attached hydrogens (tertiary/aromatic N) is 1. The van der Waals surface area contributed by atoms with Gasteiger partial charge in [-0.1, -0.05) is 6.08 Å². The normalized spacial score (nSPS) is 31.0. The Labute approximate surface area is 188 Å². The monoisotopic (exact) mass is 556 g/mol. The Morgan fingerprint density at radius 2 is 1.82 bits per heavy atom. The maximum absolute atomic E-state index is 14.1. The minimum absolute atomic E-state index is 0.540. The second-order valence-corrected chi connectivity index (χ2v) is 11.4. The number of phosphoric ester groups is 1. The Morgan fingerprint density at radius 1 is 1.21 bits per heavy atom. The molecular formula is C13H20FN2O15P3. The molecule has 0 aliphatic carbocycles. The fourth-order valence-corrected chi connectivity index (χ4v) is 6.16. The van der Waals surface area contributed by atoms with E-state index in [9.17, 15) is 47.7 Å². The molecule has 1 saturated heterocycles. The van der Waals surface area contributed by atoms with Crippen LogP contribution >= 0.6 is 23.5 Å². The van der Waals surface area contributed by atoms with Crippen molar-refractivity contribution in [1.82, 2.24) is 9.55 Å². The van der Waals surface area contributed by atoms with E-state index in [2.05, 4.69) is 19.7 Å². The fraction of sp³-hybridized carbons (Fsp3) is 0.538. The van der Waals surface area contributed by atoms with Gasteiger partial charge < -0.3 is 34.5 Å². The first-order valence-electron chi connectivity index (χ1n) is 8.75. The van der Waals surface area contributed by atoms with E-state index in [1.165, 1.54) is 0 Å². The zero-order valence-electron chi connectivity index (χ0n) is 16.7. The van der Waals surface area contributed by atoms with E-state index in [0.717, 1.165) is 18.3 Å². The molecule has 2 rings (SSSR count). The molecular weight excluding hydrogens is 536 g/mol. The Kier molecular flexibility index (Phi) is 8.45. The van der Waals surface area contributed by atoms with Gasteiger partial charge in [0.15, 0.2) is 11.8 Å². The first-order chi connectivity index (χ1) is 15.4. The van der Waals surface area contributed by atoms with Crippen LogP contribution in [0.4, 0.5) is 4.39 Å². The van der Waals surface area contributed by atoms with E-state index in [4.69, 9.17) is 14.5 Å². The van der Waals surface area contributed by atoms with Crippen LogP contribution in [0.3, 0.4) is 0 Å². The summed E-state index contributed by atoms with van der Waals surface area (Å²) in [6.45, 7) is 0.151. The number of hydrogen-bond acceptors (Lipinski definition) is 11. The minimum Gasteiger partial charge on any atom is -0.387 e. The van der Waals surface area contributed by atoms with E-state index in [1.54, 1.807) is 0 Å². The lowest BCUT2D eigenvalue weighted by Crippen LogP contribution is -2.54. The third kappa shape index (κ3) is 6.44. The number of aromatic amines is 1. The zero-order valence-corrected chi connectivity index (χ0v) is 19.4. The molecule has 0 spiro atoms. The van der Waals surface area contributed by atoms with Crippen molar-refractivity contribution in [3.05, 3.63) is 45.8 Å². The smallest absolute Gasteiger partial charge is 0.387 e. The Hall–Kier alpha value is -1.36. The highest BCUT2D eigenvalue weighted by molar-refractivity contribution is 7.66.